The van der Waals surface area contributed by atoms with Gasteiger partial charge in [0, 0.05) is 20.2 Å². The Morgan fingerprint density at radius 2 is 0.733 bits per heavy atom. The highest BCUT2D eigenvalue weighted by Gasteiger charge is 2.21. The highest BCUT2D eigenvalue weighted by Crippen LogP contribution is 2.49. The van der Waals surface area contributed by atoms with Gasteiger partial charge in [0.05, 0.1) is 0 Å². The first kappa shape index (κ1) is 25.9. The van der Waals surface area contributed by atoms with Gasteiger partial charge in [-0.15, -0.1) is 11.3 Å². The Morgan fingerprint density at radius 3 is 1.36 bits per heavy atom. The fourth-order valence-corrected chi connectivity index (χ4v) is 8.34. The van der Waals surface area contributed by atoms with Gasteiger partial charge in [-0.25, -0.2) is 0 Å². The van der Waals surface area contributed by atoms with Gasteiger partial charge >= 0.3 is 0 Å². The summed E-state index contributed by atoms with van der Waals surface area (Å²) >= 11 is 1.90. The topological polar surface area (TPSA) is 0 Å². The number of benzene rings is 8. The molecule has 8 aromatic carbocycles. The molecule has 0 aliphatic rings. The Labute approximate surface area is 266 Å². The monoisotopic (exact) mass is 588 g/mol. The van der Waals surface area contributed by atoms with E-state index in [2.05, 4.69) is 170 Å². The molecule has 45 heavy (non-hydrogen) atoms. The van der Waals surface area contributed by atoms with Gasteiger partial charge in [0.1, 0.15) is 0 Å². The molecular weight excluding hydrogens is 561 g/mol. The highest BCUT2D eigenvalue weighted by molar-refractivity contribution is 7.26. The fraction of sp³-hybridized carbons (Fsp3) is 0. The SMILES string of the molecule is c1ccc(-c2ccc(-c3ccc(-c4c5ccccc5c(-c5ccccc5)c5ccccc45)c4c3sc3ccccc34)cc2)cc1. The van der Waals surface area contributed by atoms with E-state index in [1.807, 2.05) is 11.3 Å². The number of hydrogen-bond donors (Lipinski definition) is 0. The summed E-state index contributed by atoms with van der Waals surface area (Å²) in [4.78, 5) is 0. The van der Waals surface area contributed by atoms with Crippen LogP contribution in [0.15, 0.2) is 170 Å². The number of hydrogen-bond acceptors (Lipinski definition) is 1. The van der Waals surface area contributed by atoms with Crippen molar-refractivity contribution in [2.75, 3.05) is 0 Å². The lowest BCUT2D eigenvalue weighted by Crippen LogP contribution is -1.91. The average Bonchev–Trinajstić information content (AvgIpc) is 3.51. The molecule has 0 aliphatic carbocycles. The van der Waals surface area contributed by atoms with E-state index >= 15 is 0 Å². The van der Waals surface area contributed by atoms with Gasteiger partial charge in [0.15, 0.2) is 0 Å². The molecule has 0 unspecified atom stereocenters. The van der Waals surface area contributed by atoms with Crippen LogP contribution in [0.5, 0.6) is 0 Å². The standard InChI is InChI=1S/C44H28S/c1-3-13-29(14-4-1)30-23-25-31(26-24-30)33-27-28-39(43-38-21-11-12-22-40(38)45-44(33)43)42-36-19-9-7-17-34(36)41(32-15-5-2-6-16-32)35-18-8-10-20-37(35)42/h1-28H. The first-order valence-corrected chi connectivity index (χ1v) is 16.3. The molecule has 0 fully saturated rings. The molecule has 0 nitrogen and oxygen atoms in total. The van der Waals surface area contributed by atoms with Gasteiger partial charge in [-0.2, -0.15) is 0 Å². The molecule has 0 radical (unpaired) electrons. The van der Waals surface area contributed by atoms with Crippen LogP contribution in [0.1, 0.15) is 0 Å². The van der Waals surface area contributed by atoms with E-state index < -0.39 is 0 Å². The summed E-state index contributed by atoms with van der Waals surface area (Å²) < 4.78 is 2.65. The minimum atomic E-state index is 1.24. The van der Waals surface area contributed by atoms with Crippen molar-refractivity contribution in [2.24, 2.45) is 0 Å². The van der Waals surface area contributed by atoms with Gasteiger partial charge in [0.25, 0.3) is 0 Å². The Kier molecular flexibility index (Phi) is 6.11. The second kappa shape index (κ2) is 10.6. The molecule has 9 aromatic rings. The van der Waals surface area contributed by atoms with Crippen molar-refractivity contribution < 1.29 is 0 Å². The van der Waals surface area contributed by atoms with Gasteiger partial charge in [-0.3, -0.25) is 0 Å². The Bertz CT molecular complexity index is 2450. The van der Waals surface area contributed by atoms with Crippen molar-refractivity contribution in [2.45, 2.75) is 0 Å². The zero-order valence-electron chi connectivity index (χ0n) is 24.6. The number of rotatable bonds is 4. The van der Waals surface area contributed by atoms with E-state index in [-0.39, 0.29) is 0 Å². The minimum Gasteiger partial charge on any atom is -0.135 e. The summed E-state index contributed by atoms with van der Waals surface area (Å²) in [5, 5.41) is 7.79. The summed E-state index contributed by atoms with van der Waals surface area (Å²) in [5.41, 5.74) is 10.1. The third-order valence-electron chi connectivity index (χ3n) is 9.09. The summed E-state index contributed by atoms with van der Waals surface area (Å²) in [6.45, 7) is 0. The largest absolute Gasteiger partial charge is 0.135 e. The molecule has 1 heteroatoms. The minimum absolute atomic E-state index is 1.24. The summed E-state index contributed by atoms with van der Waals surface area (Å²) in [6, 6.07) is 62.0. The molecule has 0 amide bonds. The maximum atomic E-state index is 2.37. The third-order valence-corrected chi connectivity index (χ3v) is 10.3. The number of thiophene rings is 1. The van der Waals surface area contributed by atoms with Crippen LogP contribution in [0.4, 0.5) is 0 Å². The van der Waals surface area contributed by atoms with Crippen molar-refractivity contribution in [3.05, 3.63) is 170 Å². The van der Waals surface area contributed by atoms with Gasteiger partial charge in [0.2, 0.25) is 0 Å². The first-order valence-electron chi connectivity index (χ1n) is 15.4. The normalized spacial score (nSPS) is 11.6. The fourth-order valence-electron chi connectivity index (χ4n) is 7.07. The molecular formula is C44H28S. The molecule has 0 aliphatic heterocycles. The van der Waals surface area contributed by atoms with E-state index in [0.717, 1.165) is 0 Å². The van der Waals surface area contributed by atoms with E-state index in [9.17, 15) is 0 Å². The zero-order chi connectivity index (χ0) is 29.7. The lowest BCUT2D eigenvalue weighted by atomic mass is 9.84. The van der Waals surface area contributed by atoms with Crippen LogP contribution in [0.3, 0.4) is 0 Å². The second-order valence-electron chi connectivity index (χ2n) is 11.6. The molecule has 0 spiro atoms. The van der Waals surface area contributed by atoms with E-state index in [1.165, 1.54) is 86.2 Å². The van der Waals surface area contributed by atoms with Crippen LogP contribution in [0.25, 0.3) is 86.2 Å². The lowest BCUT2D eigenvalue weighted by molar-refractivity contribution is 1.61. The van der Waals surface area contributed by atoms with Gasteiger partial charge < -0.3 is 0 Å². The van der Waals surface area contributed by atoms with Crippen LogP contribution in [-0.2, 0) is 0 Å². The number of fused-ring (bicyclic) bond motifs is 5. The van der Waals surface area contributed by atoms with Gasteiger partial charge in [-0.05, 0) is 72.1 Å². The van der Waals surface area contributed by atoms with Crippen LogP contribution in [0, 0.1) is 0 Å². The predicted molar refractivity (Wildman–Crippen MR) is 196 cm³/mol. The summed E-state index contributed by atoms with van der Waals surface area (Å²) in [6.07, 6.45) is 0. The van der Waals surface area contributed by atoms with Crippen molar-refractivity contribution in [3.8, 4) is 44.5 Å². The van der Waals surface area contributed by atoms with Gasteiger partial charge in [-0.1, -0.05) is 164 Å². The predicted octanol–water partition coefficient (Wildman–Crippen LogP) is 13.0. The van der Waals surface area contributed by atoms with E-state index in [0.29, 0.717) is 0 Å². The highest BCUT2D eigenvalue weighted by atomic mass is 32.1. The Balaban J connectivity index is 1.35. The van der Waals surface area contributed by atoms with Crippen molar-refractivity contribution in [1.29, 1.82) is 0 Å². The third kappa shape index (κ3) is 4.20. The van der Waals surface area contributed by atoms with Crippen LogP contribution in [0.2, 0.25) is 0 Å². The molecule has 0 atom stereocenters. The molecule has 1 heterocycles. The maximum Gasteiger partial charge on any atom is 0.0440 e. The second-order valence-corrected chi connectivity index (χ2v) is 12.7. The zero-order valence-corrected chi connectivity index (χ0v) is 25.4. The van der Waals surface area contributed by atoms with Crippen LogP contribution >= 0.6 is 11.3 Å². The molecule has 0 N–H and O–H groups in total. The molecule has 210 valence electrons. The molecule has 1 aromatic heterocycles. The van der Waals surface area contributed by atoms with Crippen LogP contribution in [-0.4, -0.2) is 0 Å². The summed E-state index contributed by atoms with van der Waals surface area (Å²) in [5.74, 6) is 0. The maximum absolute atomic E-state index is 2.37. The first-order chi connectivity index (χ1) is 22.3. The molecule has 0 saturated heterocycles. The quantitative estimate of drug-likeness (QED) is 0.179. The lowest BCUT2D eigenvalue weighted by Gasteiger charge is -2.19. The van der Waals surface area contributed by atoms with E-state index in [1.54, 1.807) is 0 Å². The average molecular weight is 589 g/mol. The van der Waals surface area contributed by atoms with Crippen LogP contribution < -0.4 is 0 Å². The Morgan fingerprint density at radius 1 is 0.289 bits per heavy atom. The van der Waals surface area contributed by atoms with E-state index in [4.69, 9.17) is 0 Å². The Hall–Kier alpha value is -5.50. The molecule has 9 rings (SSSR count). The van der Waals surface area contributed by atoms with Crippen molar-refractivity contribution >= 4 is 53.1 Å². The smallest absolute Gasteiger partial charge is 0.0440 e. The molecule has 0 saturated carbocycles. The van der Waals surface area contributed by atoms with Crippen molar-refractivity contribution in [3.63, 3.8) is 0 Å². The summed E-state index contributed by atoms with van der Waals surface area (Å²) in [7, 11) is 0. The van der Waals surface area contributed by atoms with Crippen molar-refractivity contribution in [1.82, 2.24) is 0 Å². The molecule has 0 bridgehead atoms.